The fourth-order valence-corrected chi connectivity index (χ4v) is 4.39. The van der Waals surface area contributed by atoms with Crippen molar-refractivity contribution < 1.29 is 14.3 Å². The van der Waals surface area contributed by atoms with Crippen molar-refractivity contribution in [1.29, 1.82) is 0 Å². The number of hydrogen-bond acceptors (Lipinski definition) is 4. The molecule has 7 nitrogen and oxygen atoms in total. The second-order valence-electron chi connectivity index (χ2n) is 9.22. The first-order chi connectivity index (χ1) is 14.9. The quantitative estimate of drug-likeness (QED) is 0.240. The smallest absolute Gasteiger partial charge is 0.222 e. The molecule has 0 bridgehead atoms. The Bertz CT molecular complexity index is 813. The molecule has 1 aromatic carbocycles. The summed E-state index contributed by atoms with van der Waals surface area (Å²) in [7, 11) is 3.29. The molecule has 0 radical (unpaired) electrons. The summed E-state index contributed by atoms with van der Waals surface area (Å²) < 4.78 is 10.8. The fraction of sp³-hybridized carbons (Fsp3) is 0.667. The minimum atomic E-state index is 0. The molecule has 1 saturated heterocycles. The van der Waals surface area contributed by atoms with E-state index in [1.807, 2.05) is 17.0 Å². The number of methoxy groups -OCH3 is 2. The molecule has 2 aliphatic heterocycles. The second-order valence-corrected chi connectivity index (χ2v) is 9.22. The zero-order valence-corrected chi connectivity index (χ0v) is 22.5. The summed E-state index contributed by atoms with van der Waals surface area (Å²) >= 11 is 0. The largest absolute Gasteiger partial charge is 0.493 e. The van der Waals surface area contributed by atoms with Crippen molar-refractivity contribution in [3.8, 4) is 11.5 Å². The topological polar surface area (TPSA) is 66.4 Å². The lowest BCUT2D eigenvalue weighted by Crippen LogP contribution is -2.40. The molecule has 0 unspecified atom stereocenters. The van der Waals surface area contributed by atoms with Crippen LogP contribution < -0.4 is 14.8 Å². The zero-order valence-electron chi connectivity index (χ0n) is 20.2. The Kier molecular flexibility index (Phi) is 9.91. The normalized spacial score (nSPS) is 17.5. The van der Waals surface area contributed by atoms with Crippen LogP contribution in [0.4, 0.5) is 0 Å². The number of aliphatic imine (C=N–C) groups is 1. The average Bonchev–Trinajstić information content (AvgIpc) is 3.13. The van der Waals surface area contributed by atoms with E-state index in [0.717, 1.165) is 56.3 Å². The Morgan fingerprint density at radius 1 is 1.12 bits per heavy atom. The summed E-state index contributed by atoms with van der Waals surface area (Å²) in [6.45, 7) is 11.7. The molecule has 180 valence electrons. The first-order valence-electron chi connectivity index (χ1n) is 11.4. The van der Waals surface area contributed by atoms with E-state index in [4.69, 9.17) is 14.5 Å². The number of halogens is 1. The van der Waals surface area contributed by atoms with Crippen LogP contribution >= 0.6 is 24.0 Å². The lowest BCUT2D eigenvalue weighted by atomic mass is 9.93. The van der Waals surface area contributed by atoms with E-state index in [1.165, 1.54) is 12.0 Å². The lowest BCUT2D eigenvalue weighted by Gasteiger charge is -2.29. The Hall–Kier alpha value is -1.71. The summed E-state index contributed by atoms with van der Waals surface area (Å²) in [5, 5.41) is 3.40. The van der Waals surface area contributed by atoms with Gasteiger partial charge in [0.05, 0.1) is 14.2 Å². The minimum Gasteiger partial charge on any atom is -0.493 e. The van der Waals surface area contributed by atoms with Gasteiger partial charge in [-0.2, -0.15) is 0 Å². The summed E-state index contributed by atoms with van der Waals surface area (Å²) in [4.78, 5) is 21.9. The molecule has 8 heteroatoms. The number of amides is 1. The molecule has 3 rings (SSSR count). The fourth-order valence-electron chi connectivity index (χ4n) is 4.39. The third-order valence-corrected chi connectivity index (χ3v) is 6.19. The van der Waals surface area contributed by atoms with Crippen LogP contribution in [0, 0.1) is 5.41 Å². The molecule has 0 spiro atoms. The van der Waals surface area contributed by atoms with Crippen LogP contribution in [0.5, 0.6) is 11.5 Å². The van der Waals surface area contributed by atoms with Crippen LogP contribution in [0.15, 0.2) is 17.1 Å². The maximum Gasteiger partial charge on any atom is 0.222 e. The highest BCUT2D eigenvalue weighted by molar-refractivity contribution is 14.0. The highest BCUT2D eigenvalue weighted by Gasteiger charge is 2.30. The molecule has 1 aromatic rings. The van der Waals surface area contributed by atoms with Gasteiger partial charge in [0.25, 0.3) is 0 Å². The van der Waals surface area contributed by atoms with Crippen LogP contribution in [-0.4, -0.2) is 68.6 Å². The number of guanidine groups is 1. The van der Waals surface area contributed by atoms with Gasteiger partial charge in [0.15, 0.2) is 17.5 Å². The Balaban J connectivity index is 0.00000363. The van der Waals surface area contributed by atoms with Crippen molar-refractivity contribution in [2.45, 2.75) is 53.0 Å². The maximum atomic E-state index is 12.8. The molecule has 1 N–H and O–H groups in total. The van der Waals surface area contributed by atoms with Gasteiger partial charge >= 0.3 is 0 Å². The van der Waals surface area contributed by atoms with Crippen molar-refractivity contribution in [2.24, 2.45) is 10.4 Å². The number of likely N-dealkylation sites (tertiary alicyclic amines) is 1. The molecule has 0 saturated carbocycles. The molecule has 32 heavy (non-hydrogen) atoms. The zero-order chi connectivity index (χ0) is 22.4. The first-order valence-corrected chi connectivity index (χ1v) is 11.4. The molecular formula is C24H39IN4O3. The van der Waals surface area contributed by atoms with Gasteiger partial charge < -0.3 is 24.6 Å². The number of hydrogen-bond donors (Lipinski definition) is 1. The van der Waals surface area contributed by atoms with Gasteiger partial charge in [0.1, 0.15) is 0 Å². The predicted octanol–water partition coefficient (Wildman–Crippen LogP) is 3.68. The average molecular weight is 559 g/mol. The van der Waals surface area contributed by atoms with Gasteiger partial charge in [-0.05, 0) is 54.9 Å². The van der Waals surface area contributed by atoms with Crippen LogP contribution in [0.3, 0.4) is 0 Å². The number of rotatable bonds is 7. The summed E-state index contributed by atoms with van der Waals surface area (Å²) in [5.41, 5.74) is 2.71. The summed E-state index contributed by atoms with van der Waals surface area (Å²) in [6, 6.07) is 4.03. The van der Waals surface area contributed by atoms with E-state index in [0.29, 0.717) is 30.7 Å². The molecular weight excluding hydrogens is 519 g/mol. The summed E-state index contributed by atoms with van der Waals surface area (Å²) in [6.07, 6.45) is 3.31. The number of carbonyl (C=O) groups is 1. The van der Waals surface area contributed by atoms with E-state index in [9.17, 15) is 4.79 Å². The van der Waals surface area contributed by atoms with Crippen molar-refractivity contribution in [2.75, 3.05) is 46.9 Å². The second kappa shape index (κ2) is 12.0. The van der Waals surface area contributed by atoms with E-state index in [2.05, 4.69) is 31.0 Å². The van der Waals surface area contributed by atoms with E-state index < -0.39 is 0 Å². The molecule has 0 atom stereocenters. The van der Waals surface area contributed by atoms with Crippen molar-refractivity contribution in [3.05, 3.63) is 23.3 Å². The third-order valence-electron chi connectivity index (χ3n) is 6.19. The van der Waals surface area contributed by atoms with Gasteiger partial charge in [-0.3, -0.25) is 9.79 Å². The van der Waals surface area contributed by atoms with Gasteiger partial charge in [-0.15, -0.1) is 24.0 Å². The highest BCUT2D eigenvalue weighted by atomic mass is 127. The molecule has 0 aliphatic carbocycles. The van der Waals surface area contributed by atoms with Crippen molar-refractivity contribution in [1.82, 2.24) is 15.1 Å². The third kappa shape index (κ3) is 6.65. The SMILES string of the molecule is CCNC(=NCCCC(=O)N1CCc2cc(OC)c(OC)cc2C1)N1CCC(C)(C)C1.I. The standard InChI is InChI=1S/C24H38N4O3.HI/c1-6-25-23(28-13-10-24(2,3)17-28)26-11-7-8-22(29)27-12-9-18-14-20(30-4)21(31-5)15-19(18)16-27;/h14-15H,6-13,16-17H2,1-5H3,(H,25,26);1H. The van der Waals surface area contributed by atoms with Crippen LogP contribution in [0.25, 0.3) is 0 Å². The molecule has 0 aromatic heterocycles. The molecule has 2 heterocycles. The molecule has 2 aliphatic rings. The van der Waals surface area contributed by atoms with Crippen molar-refractivity contribution in [3.63, 3.8) is 0 Å². The Morgan fingerprint density at radius 3 is 2.41 bits per heavy atom. The maximum absolute atomic E-state index is 12.8. The minimum absolute atomic E-state index is 0. The van der Waals surface area contributed by atoms with Crippen LogP contribution in [0.1, 0.15) is 51.2 Å². The van der Waals surface area contributed by atoms with Gasteiger partial charge in [0, 0.05) is 45.7 Å². The molecule has 1 fully saturated rings. The van der Waals surface area contributed by atoms with Gasteiger partial charge in [0.2, 0.25) is 5.91 Å². The highest BCUT2D eigenvalue weighted by Crippen LogP contribution is 2.33. The van der Waals surface area contributed by atoms with Gasteiger partial charge in [-0.25, -0.2) is 0 Å². The predicted molar refractivity (Wildman–Crippen MR) is 139 cm³/mol. The number of benzene rings is 1. The van der Waals surface area contributed by atoms with Crippen LogP contribution in [-0.2, 0) is 17.8 Å². The number of nitrogens with zero attached hydrogens (tertiary/aromatic N) is 3. The number of fused-ring (bicyclic) bond motifs is 1. The Morgan fingerprint density at radius 2 is 1.81 bits per heavy atom. The Labute approximate surface area is 209 Å². The lowest BCUT2D eigenvalue weighted by molar-refractivity contribution is -0.132. The number of ether oxygens (including phenoxy) is 2. The van der Waals surface area contributed by atoms with Crippen molar-refractivity contribution >= 4 is 35.8 Å². The van der Waals surface area contributed by atoms with E-state index in [-0.39, 0.29) is 29.9 Å². The van der Waals surface area contributed by atoms with E-state index in [1.54, 1.807) is 14.2 Å². The first kappa shape index (κ1) is 26.5. The van der Waals surface area contributed by atoms with E-state index >= 15 is 0 Å². The number of nitrogens with one attached hydrogen (secondary N) is 1. The number of carbonyl (C=O) groups excluding carboxylic acids is 1. The van der Waals surface area contributed by atoms with Gasteiger partial charge in [-0.1, -0.05) is 13.8 Å². The van der Waals surface area contributed by atoms with Crippen LogP contribution in [0.2, 0.25) is 0 Å². The monoisotopic (exact) mass is 558 g/mol. The summed E-state index contributed by atoms with van der Waals surface area (Å²) in [5.74, 6) is 2.64. The molecule has 1 amide bonds.